The van der Waals surface area contributed by atoms with Crippen molar-refractivity contribution in [2.45, 2.75) is 6.54 Å². The second-order valence-corrected chi connectivity index (χ2v) is 7.93. The van der Waals surface area contributed by atoms with Crippen LogP contribution in [0.15, 0.2) is 60.7 Å². The highest BCUT2D eigenvalue weighted by Crippen LogP contribution is 2.30. The zero-order valence-corrected chi connectivity index (χ0v) is 18.9. The Kier molecular flexibility index (Phi) is 7.56. The Morgan fingerprint density at radius 3 is 2.22 bits per heavy atom. The summed E-state index contributed by atoms with van der Waals surface area (Å²) < 4.78 is 13.1. The summed E-state index contributed by atoms with van der Waals surface area (Å²) in [6.45, 7) is 0.231. The van der Waals surface area contributed by atoms with Crippen LogP contribution in [0.25, 0.3) is 0 Å². The Bertz CT molecular complexity index is 1120. The highest BCUT2D eigenvalue weighted by Gasteiger charge is 2.16. The Labute approximate surface area is 195 Å². The monoisotopic (exact) mass is 474 g/mol. The van der Waals surface area contributed by atoms with Crippen LogP contribution >= 0.6 is 23.2 Å². The van der Waals surface area contributed by atoms with Crippen LogP contribution in [-0.2, 0) is 6.54 Å². The number of urea groups is 1. The molecule has 3 N–H and O–H groups in total. The number of rotatable bonds is 6. The van der Waals surface area contributed by atoms with E-state index in [0.717, 1.165) is 5.56 Å². The molecular weight excluding hydrogens is 454 g/mol. The maximum absolute atomic E-state index is 13.1. The van der Waals surface area contributed by atoms with E-state index in [2.05, 4.69) is 16.0 Å². The summed E-state index contributed by atoms with van der Waals surface area (Å²) >= 11 is 12.2. The summed E-state index contributed by atoms with van der Waals surface area (Å²) in [5.41, 5.74) is 2.49. The quantitative estimate of drug-likeness (QED) is 0.424. The average Bonchev–Trinajstić information content (AvgIpc) is 2.75. The first-order valence-electron chi connectivity index (χ1n) is 9.60. The number of benzene rings is 3. The van der Waals surface area contributed by atoms with E-state index in [4.69, 9.17) is 23.2 Å². The van der Waals surface area contributed by atoms with Gasteiger partial charge in [-0.1, -0.05) is 41.4 Å². The van der Waals surface area contributed by atoms with Crippen molar-refractivity contribution in [3.63, 3.8) is 0 Å². The zero-order valence-electron chi connectivity index (χ0n) is 17.4. The molecule has 166 valence electrons. The lowest BCUT2D eigenvalue weighted by Gasteiger charge is -2.19. The molecule has 32 heavy (non-hydrogen) atoms. The molecule has 0 aliphatic carbocycles. The molecule has 0 saturated carbocycles. The fourth-order valence-corrected chi connectivity index (χ4v) is 3.45. The van der Waals surface area contributed by atoms with Crippen molar-refractivity contribution in [3.05, 3.63) is 87.7 Å². The highest BCUT2D eigenvalue weighted by atomic mass is 35.5. The van der Waals surface area contributed by atoms with Crippen LogP contribution in [0, 0.1) is 5.82 Å². The molecule has 0 aliphatic heterocycles. The van der Waals surface area contributed by atoms with E-state index in [1.54, 1.807) is 53.4 Å². The van der Waals surface area contributed by atoms with E-state index in [9.17, 15) is 14.0 Å². The standard InChI is InChI=1S/C23H21Cl2FN4O2/c1-30(2)20-11-10-16(28-23(32)29-21-18(24)4-3-5-19(21)25)12-17(20)22(31)27-13-14-6-8-15(26)9-7-14/h3-12H,13H2,1-2H3,(H,27,31)(H2,28,29,32). The van der Waals surface area contributed by atoms with Gasteiger partial charge >= 0.3 is 6.03 Å². The third kappa shape index (κ3) is 5.90. The topological polar surface area (TPSA) is 73.5 Å². The van der Waals surface area contributed by atoms with Gasteiger partial charge in [0, 0.05) is 32.0 Å². The Hall–Kier alpha value is -3.29. The van der Waals surface area contributed by atoms with Gasteiger partial charge in [0.05, 0.1) is 21.3 Å². The number of carbonyl (C=O) groups excluding carboxylic acids is 2. The molecule has 0 aromatic heterocycles. The number of hydrogen-bond acceptors (Lipinski definition) is 3. The lowest BCUT2D eigenvalue weighted by molar-refractivity contribution is 0.0951. The van der Waals surface area contributed by atoms with Crippen molar-refractivity contribution in [3.8, 4) is 0 Å². The lowest BCUT2D eigenvalue weighted by atomic mass is 10.1. The van der Waals surface area contributed by atoms with Crippen molar-refractivity contribution in [2.24, 2.45) is 0 Å². The minimum absolute atomic E-state index is 0.231. The Morgan fingerprint density at radius 2 is 1.59 bits per heavy atom. The van der Waals surface area contributed by atoms with Crippen molar-refractivity contribution in [1.29, 1.82) is 0 Å². The molecule has 0 aliphatic rings. The SMILES string of the molecule is CN(C)c1ccc(NC(=O)Nc2c(Cl)cccc2Cl)cc1C(=O)NCc1ccc(F)cc1. The third-order valence-electron chi connectivity index (χ3n) is 4.55. The van der Waals surface area contributed by atoms with Crippen LogP contribution in [0.5, 0.6) is 0 Å². The first kappa shape index (κ1) is 23.4. The Morgan fingerprint density at radius 1 is 0.938 bits per heavy atom. The van der Waals surface area contributed by atoms with Gasteiger partial charge < -0.3 is 20.9 Å². The summed E-state index contributed by atoms with van der Waals surface area (Å²) in [4.78, 5) is 27.1. The maximum atomic E-state index is 13.1. The van der Waals surface area contributed by atoms with Crippen LogP contribution < -0.4 is 20.9 Å². The first-order valence-corrected chi connectivity index (χ1v) is 10.4. The van der Waals surface area contributed by atoms with Gasteiger partial charge in [0.2, 0.25) is 0 Å². The van der Waals surface area contributed by atoms with Crippen LogP contribution in [-0.4, -0.2) is 26.0 Å². The van der Waals surface area contributed by atoms with Gasteiger partial charge in [-0.25, -0.2) is 9.18 Å². The van der Waals surface area contributed by atoms with E-state index in [0.29, 0.717) is 27.0 Å². The fraction of sp³-hybridized carbons (Fsp3) is 0.130. The average molecular weight is 475 g/mol. The third-order valence-corrected chi connectivity index (χ3v) is 5.18. The van der Waals surface area contributed by atoms with Gasteiger partial charge in [0.15, 0.2) is 0 Å². The van der Waals surface area contributed by atoms with Crippen molar-refractivity contribution < 1.29 is 14.0 Å². The normalized spacial score (nSPS) is 10.4. The number of para-hydroxylation sites is 1. The van der Waals surface area contributed by atoms with E-state index >= 15 is 0 Å². The van der Waals surface area contributed by atoms with E-state index in [1.807, 2.05) is 14.1 Å². The number of anilines is 3. The molecule has 3 amide bonds. The van der Waals surface area contributed by atoms with E-state index < -0.39 is 6.03 Å². The number of hydrogen-bond donors (Lipinski definition) is 3. The van der Waals surface area contributed by atoms with Crippen LogP contribution in [0.1, 0.15) is 15.9 Å². The Balaban J connectivity index is 1.75. The highest BCUT2D eigenvalue weighted by molar-refractivity contribution is 6.39. The summed E-state index contributed by atoms with van der Waals surface area (Å²) in [6.07, 6.45) is 0. The number of nitrogens with one attached hydrogen (secondary N) is 3. The predicted octanol–water partition coefficient (Wildman–Crippen LogP) is 5.77. The van der Waals surface area contributed by atoms with Gasteiger partial charge in [-0.3, -0.25) is 4.79 Å². The number of carbonyl (C=O) groups is 2. The summed E-state index contributed by atoms with van der Waals surface area (Å²) in [5, 5.41) is 8.71. The molecule has 0 saturated heterocycles. The molecule has 0 spiro atoms. The molecule has 0 fully saturated rings. The van der Waals surface area contributed by atoms with Gasteiger partial charge in [-0.15, -0.1) is 0 Å². The van der Waals surface area contributed by atoms with Crippen molar-refractivity contribution in [1.82, 2.24) is 5.32 Å². The van der Waals surface area contributed by atoms with Crippen LogP contribution in [0.2, 0.25) is 10.0 Å². The molecular formula is C23H21Cl2FN4O2. The van der Waals surface area contributed by atoms with Crippen LogP contribution in [0.4, 0.5) is 26.2 Å². The molecule has 9 heteroatoms. The minimum atomic E-state index is -0.560. The fourth-order valence-electron chi connectivity index (χ4n) is 2.96. The largest absolute Gasteiger partial charge is 0.377 e. The molecule has 0 unspecified atom stereocenters. The van der Waals surface area contributed by atoms with E-state index in [-0.39, 0.29) is 24.0 Å². The maximum Gasteiger partial charge on any atom is 0.323 e. The number of halogens is 3. The second kappa shape index (κ2) is 10.3. The van der Waals surface area contributed by atoms with Gasteiger partial charge in [0.1, 0.15) is 5.82 Å². The smallest absolute Gasteiger partial charge is 0.323 e. The minimum Gasteiger partial charge on any atom is -0.377 e. The van der Waals surface area contributed by atoms with Crippen molar-refractivity contribution in [2.75, 3.05) is 29.6 Å². The van der Waals surface area contributed by atoms with E-state index in [1.165, 1.54) is 12.1 Å². The molecule has 3 aromatic carbocycles. The number of amides is 3. The summed E-state index contributed by atoms with van der Waals surface area (Å²) in [5.74, 6) is -0.679. The summed E-state index contributed by atoms with van der Waals surface area (Å²) in [7, 11) is 3.62. The van der Waals surface area contributed by atoms with Gasteiger partial charge in [-0.2, -0.15) is 0 Å². The molecule has 3 aromatic rings. The molecule has 6 nitrogen and oxygen atoms in total. The van der Waals surface area contributed by atoms with Gasteiger partial charge in [0.25, 0.3) is 5.91 Å². The molecule has 0 radical (unpaired) electrons. The zero-order chi connectivity index (χ0) is 23.3. The predicted molar refractivity (Wildman–Crippen MR) is 127 cm³/mol. The first-order chi connectivity index (χ1) is 15.2. The van der Waals surface area contributed by atoms with Crippen LogP contribution in [0.3, 0.4) is 0 Å². The number of nitrogens with zero attached hydrogens (tertiary/aromatic N) is 1. The molecule has 0 heterocycles. The lowest BCUT2D eigenvalue weighted by Crippen LogP contribution is -2.26. The second-order valence-electron chi connectivity index (χ2n) is 7.11. The van der Waals surface area contributed by atoms with Crippen molar-refractivity contribution >= 4 is 52.2 Å². The van der Waals surface area contributed by atoms with Gasteiger partial charge in [-0.05, 0) is 48.0 Å². The summed E-state index contributed by atoms with van der Waals surface area (Å²) in [6, 6.07) is 15.2. The molecule has 0 atom stereocenters. The molecule has 0 bridgehead atoms. The molecule has 3 rings (SSSR count).